The summed E-state index contributed by atoms with van der Waals surface area (Å²) in [5.74, 6) is 0.336. The second-order valence-corrected chi connectivity index (χ2v) is 4.20. The molecule has 0 amide bonds. The Morgan fingerprint density at radius 3 is 2.57 bits per heavy atom. The number of phenolic OH excluding ortho intramolecular Hbond substituents is 1. The Balaban J connectivity index is 0.00000169. The fourth-order valence-corrected chi connectivity index (χ4v) is 2.05. The molecule has 0 atom stereocenters. The monoisotopic (exact) mass is 327 g/mol. The summed E-state index contributed by atoms with van der Waals surface area (Å²) in [6, 6.07) is 4.00. The van der Waals surface area contributed by atoms with Crippen LogP contribution in [0.15, 0.2) is 12.1 Å². The molecule has 0 spiro atoms. The van der Waals surface area contributed by atoms with E-state index < -0.39 is 0 Å². The lowest BCUT2D eigenvalue weighted by Gasteiger charge is -2.07. The highest BCUT2D eigenvalue weighted by Gasteiger charge is 2.05. The maximum atomic E-state index is 9.60. The van der Waals surface area contributed by atoms with Crippen LogP contribution in [0.1, 0.15) is 24.5 Å². The van der Waals surface area contributed by atoms with Crippen LogP contribution < -0.4 is 5.73 Å². The van der Waals surface area contributed by atoms with E-state index in [0.717, 1.165) is 22.0 Å². The first kappa shape index (κ1) is 14.0. The van der Waals surface area contributed by atoms with Crippen molar-refractivity contribution in [2.45, 2.75) is 26.3 Å². The van der Waals surface area contributed by atoms with Gasteiger partial charge in [-0.15, -0.1) is 12.4 Å². The highest BCUT2D eigenvalue weighted by atomic mass is 127. The maximum absolute atomic E-state index is 9.60. The van der Waals surface area contributed by atoms with Gasteiger partial charge in [-0.25, -0.2) is 0 Å². The van der Waals surface area contributed by atoms with Crippen LogP contribution in [0.4, 0.5) is 0 Å². The number of phenols is 1. The Labute approximate surface area is 104 Å². The molecule has 0 bridgehead atoms. The predicted molar refractivity (Wildman–Crippen MR) is 70.0 cm³/mol. The number of hydrogen-bond donors (Lipinski definition) is 2. The lowest BCUT2D eigenvalue weighted by atomic mass is 10.1. The van der Waals surface area contributed by atoms with Crippen molar-refractivity contribution in [3.05, 3.63) is 26.8 Å². The molecule has 0 unspecified atom stereocenters. The van der Waals surface area contributed by atoms with Crippen molar-refractivity contribution in [3.8, 4) is 5.75 Å². The van der Waals surface area contributed by atoms with E-state index in [1.165, 1.54) is 5.56 Å². The van der Waals surface area contributed by atoms with Gasteiger partial charge in [0.1, 0.15) is 5.75 Å². The van der Waals surface area contributed by atoms with Gasteiger partial charge in [-0.1, -0.05) is 19.4 Å². The van der Waals surface area contributed by atoms with Gasteiger partial charge in [0.05, 0.1) is 3.57 Å². The van der Waals surface area contributed by atoms with Crippen LogP contribution in [0.25, 0.3) is 0 Å². The normalized spacial score (nSPS) is 9.64. The van der Waals surface area contributed by atoms with Gasteiger partial charge in [-0.3, -0.25) is 0 Å². The number of benzene rings is 1. The van der Waals surface area contributed by atoms with Crippen molar-refractivity contribution >= 4 is 35.0 Å². The Morgan fingerprint density at radius 2 is 2.07 bits per heavy atom. The molecule has 0 aliphatic rings. The molecule has 1 aromatic carbocycles. The summed E-state index contributed by atoms with van der Waals surface area (Å²) in [7, 11) is 0. The van der Waals surface area contributed by atoms with Gasteiger partial charge in [0.15, 0.2) is 0 Å². The van der Waals surface area contributed by atoms with Crippen molar-refractivity contribution < 1.29 is 5.11 Å². The minimum atomic E-state index is 0. The van der Waals surface area contributed by atoms with Crippen LogP contribution in [0.3, 0.4) is 0 Å². The van der Waals surface area contributed by atoms with E-state index in [1.54, 1.807) is 0 Å². The Hall–Kier alpha value is -0.0000000000000000555. The van der Waals surface area contributed by atoms with Crippen LogP contribution in [-0.4, -0.2) is 5.11 Å². The van der Waals surface area contributed by atoms with Crippen molar-refractivity contribution in [2.24, 2.45) is 5.73 Å². The quantitative estimate of drug-likeness (QED) is 0.839. The Bertz CT molecular complexity index is 304. The molecule has 0 fully saturated rings. The van der Waals surface area contributed by atoms with Gasteiger partial charge in [0, 0.05) is 12.1 Å². The molecule has 0 saturated heterocycles. The summed E-state index contributed by atoms with van der Waals surface area (Å²) in [4.78, 5) is 0. The van der Waals surface area contributed by atoms with Gasteiger partial charge >= 0.3 is 0 Å². The topological polar surface area (TPSA) is 46.2 Å². The van der Waals surface area contributed by atoms with E-state index >= 15 is 0 Å². The molecule has 80 valence electrons. The molecule has 0 radical (unpaired) electrons. The number of nitrogens with two attached hydrogens (primary N) is 1. The molecule has 2 nitrogen and oxygen atoms in total. The predicted octanol–water partition coefficient (Wildman–Crippen LogP) is 2.83. The molecule has 3 N–H and O–H groups in total. The summed E-state index contributed by atoms with van der Waals surface area (Å²) in [6.07, 6.45) is 2.16. The molecule has 4 heteroatoms. The molecule has 0 aliphatic carbocycles. The van der Waals surface area contributed by atoms with Crippen molar-refractivity contribution in [1.29, 1.82) is 0 Å². The Morgan fingerprint density at radius 1 is 1.43 bits per heavy atom. The van der Waals surface area contributed by atoms with Gasteiger partial charge in [-0.2, -0.15) is 0 Å². The summed E-state index contributed by atoms with van der Waals surface area (Å²) in [5.41, 5.74) is 7.62. The first-order chi connectivity index (χ1) is 6.19. The fourth-order valence-electron chi connectivity index (χ4n) is 1.31. The fraction of sp³-hybridized carbons (Fsp3) is 0.400. The zero-order valence-electron chi connectivity index (χ0n) is 8.09. The van der Waals surface area contributed by atoms with Crippen molar-refractivity contribution in [1.82, 2.24) is 0 Å². The minimum Gasteiger partial charge on any atom is -0.507 e. The summed E-state index contributed by atoms with van der Waals surface area (Å²) < 4.78 is 0.893. The standard InChI is InChI=1S/C10H14INO.ClH/c1-2-3-7-4-8(6-12)10(13)9(11)5-7;/h4-5,13H,2-3,6,12H2,1H3;1H. The number of aromatic hydroxyl groups is 1. The molecular weight excluding hydrogens is 312 g/mol. The first-order valence-corrected chi connectivity index (χ1v) is 5.47. The molecule has 0 saturated carbocycles. The molecule has 1 rings (SSSR count). The lowest BCUT2D eigenvalue weighted by Crippen LogP contribution is -1.99. The van der Waals surface area contributed by atoms with Crippen molar-refractivity contribution in [2.75, 3.05) is 0 Å². The average molecular weight is 328 g/mol. The van der Waals surface area contributed by atoms with Gasteiger partial charge in [0.25, 0.3) is 0 Å². The SMILES string of the molecule is CCCc1cc(I)c(O)c(CN)c1.Cl. The molecule has 0 aromatic heterocycles. The largest absolute Gasteiger partial charge is 0.507 e. The molecular formula is C10H15ClINO. The van der Waals surface area contributed by atoms with Gasteiger partial charge in [-0.05, 0) is 40.6 Å². The van der Waals surface area contributed by atoms with E-state index in [9.17, 15) is 5.11 Å². The summed E-state index contributed by atoms with van der Waals surface area (Å²) in [5, 5.41) is 9.60. The minimum absolute atomic E-state index is 0. The third kappa shape index (κ3) is 3.29. The molecule has 0 aliphatic heterocycles. The van der Waals surface area contributed by atoms with E-state index in [-0.39, 0.29) is 12.4 Å². The van der Waals surface area contributed by atoms with Gasteiger partial charge < -0.3 is 10.8 Å². The van der Waals surface area contributed by atoms with Crippen molar-refractivity contribution in [3.63, 3.8) is 0 Å². The zero-order valence-corrected chi connectivity index (χ0v) is 11.1. The van der Waals surface area contributed by atoms with E-state index in [1.807, 2.05) is 12.1 Å². The van der Waals surface area contributed by atoms with Crippen LogP contribution in [0.2, 0.25) is 0 Å². The summed E-state index contributed by atoms with van der Waals surface area (Å²) >= 11 is 2.13. The number of halogens is 2. The second-order valence-electron chi connectivity index (χ2n) is 3.04. The van der Waals surface area contributed by atoms with Gasteiger partial charge in [0.2, 0.25) is 0 Å². The number of rotatable bonds is 3. The zero-order chi connectivity index (χ0) is 9.84. The highest BCUT2D eigenvalue weighted by molar-refractivity contribution is 14.1. The lowest BCUT2D eigenvalue weighted by molar-refractivity contribution is 0.464. The smallest absolute Gasteiger partial charge is 0.133 e. The van der Waals surface area contributed by atoms with Crippen LogP contribution >= 0.6 is 35.0 Å². The summed E-state index contributed by atoms with van der Waals surface area (Å²) in [6.45, 7) is 2.54. The van der Waals surface area contributed by atoms with E-state index in [0.29, 0.717) is 12.3 Å². The van der Waals surface area contributed by atoms with Crippen LogP contribution in [0, 0.1) is 3.57 Å². The molecule has 14 heavy (non-hydrogen) atoms. The van der Waals surface area contributed by atoms with Crippen LogP contribution in [0.5, 0.6) is 5.75 Å². The second kappa shape index (κ2) is 6.48. The Kier molecular flexibility index (Phi) is 6.48. The molecule has 0 heterocycles. The third-order valence-electron chi connectivity index (χ3n) is 1.96. The molecule has 1 aromatic rings. The number of aryl methyl sites for hydroxylation is 1. The maximum Gasteiger partial charge on any atom is 0.133 e. The van der Waals surface area contributed by atoms with E-state index in [4.69, 9.17) is 5.73 Å². The average Bonchev–Trinajstić information content (AvgIpc) is 2.11. The third-order valence-corrected chi connectivity index (χ3v) is 2.78. The van der Waals surface area contributed by atoms with Crippen LogP contribution in [-0.2, 0) is 13.0 Å². The first-order valence-electron chi connectivity index (χ1n) is 4.39. The van der Waals surface area contributed by atoms with E-state index in [2.05, 4.69) is 29.5 Å². The highest BCUT2D eigenvalue weighted by Crippen LogP contribution is 2.26. The number of hydrogen-bond acceptors (Lipinski definition) is 2.